The molecule has 1 aliphatic rings. The molecule has 0 N–H and O–H groups in total. The van der Waals surface area contributed by atoms with Gasteiger partial charge in [-0.2, -0.15) is 0 Å². The van der Waals surface area contributed by atoms with Crippen LogP contribution in [0, 0.1) is 6.92 Å². The summed E-state index contributed by atoms with van der Waals surface area (Å²) in [6.45, 7) is 3.15. The molecule has 0 saturated carbocycles. The van der Waals surface area contributed by atoms with E-state index in [-0.39, 0.29) is 29.3 Å². The number of ether oxygens (including phenoxy) is 2. The molecule has 34 heavy (non-hydrogen) atoms. The van der Waals surface area contributed by atoms with Crippen molar-refractivity contribution in [3.63, 3.8) is 0 Å². The van der Waals surface area contributed by atoms with Gasteiger partial charge >= 0.3 is 5.97 Å². The maximum Gasteiger partial charge on any atom is 0.343 e. The van der Waals surface area contributed by atoms with Crippen LogP contribution in [0.5, 0.6) is 5.75 Å². The van der Waals surface area contributed by atoms with Crippen LogP contribution in [0.3, 0.4) is 0 Å². The van der Waals surface area contributed by atoms with E-state index >= 15 is 0 Å². The molecule has 9 nitrogen and oxygen atoms in total. The number of esters is 1. The molecule has 4 rings (SSSR count). The van der Waals surface area contributed by atoms with Crippen molar-refractivity contribution < 1.29 is 19.1 Å². The Bertz CT molecular complexity index is 1240. The largest absolute Gasteiger partial charge is 0.492 e. The van der Waals surface area contributed by atoms with Gasteiger partial charge in [0, 0.05) is 55.6 Å². The summed E-state index contributed by atoms with van der Waals surface area (Å²) < 4.78 is 12.4. The zero-order valence-corrected chi connectivity index (χ0v) is 20.0. The monoisotopic (exact) mass is 482 g/mol. The summed E-state index contributed by atoms with van der Waals surface area (Å²) in [5.41, 5.74) is 2.02. The topological polar surface area (TPSA) is 104 Å². The van der Waals surface area contributed by atoms with Crippen LogP contribution in [0.1, 0.15) is 43.5 Å². The molecule has 0 radical (unpaired) electrons. The molecular formula is C24H26N4O5S. The highest BCUT2D eigenvalue weighted by Gasteiger charge is 2.28. The van der Waals surface area contributed by atoms with Gasteiger partial charge in [-0.05, 0) is 37.5 Å². The number of hydrogen-bond donors (Lipinski definition) is 0. The Balaban J connectivity index is 1.54. The molecule has 3 aromatic heterocycles. The number of methoxy groups -OCH3 is 1. The Morgan fingerprint density at radius 1 is 1.18 bits per heavy atom. The first-order valence-electron chi connectivity index (χ1n) is 11.1. The van der Waals surface area contributed by atoms with Crippen LogP contribution < -0.4 is 10.3 Å². The van der Waals surface area contributed by atoms with Crippen LogP contribution >= 0.6 is 11.3 Å². The maximum absolute atomic E-state index is 12.9. The van der Waals surface area contributed by atoms with Gasteiger partial charge in [-0.15, -0.1) is 11.3 Å². The normalized spacial score (nSPS) is 13.2. The Morgan fingerprint density at radius 3 is 2.68 bits per heavy atom. The molecule has 178 valence electrons. The smallest absolute Gasteiger partial charge is 0.343 e. The van der Waals surface area contributed by atoms with Gasteiger partial charge in [0.25, 0.3) is 11.5 Å². The van der Waals surface area contributed by atoms with Gasteiger partial charge in [-0.1, -0.05) is 0 Å². The van der Waals surface area contributed by atoms with Gasteiger partial charge in [0.05, 0.1) is 18.7 Å². The number of fused-ring (bicyclic) bond motifs is 1. The molecule has 0 saturated heterocycles. The maximum atomic E-state index is 12.9. The van der Waals surface area contributed by atoms with Crippen molar-refractivity contribution in [3.05, 3.63) is 73.8 Å². The molecule has 0 bridgehead atoms. The summed E-state index contributed by atoms with van der Waals surface area (Å²) in [5.74, 6) is -0.534. The second-order valence-electron chi connectivity index (χ2n) is 7.91. The highest BCUT2D eigenvalue weighted by molar-refractivity contribution is 7.09. The average molecular weight is 483 g/mol. The third-order valence-electron chi connectivity index (χ3n) is 5.73. The molecule has 0 aliphatic carbocycles. The first kappa shape index (κ1) is 23.6. The van der Waals surface area contributed by atoms with Crippen molar-refractivity contribution in [3.8, 4) is 5.75 Å². The molecule has 0 unspecified atom stereocenters. The predicted octanol–water partition coefficient (Wildman–Crippen LogP) is 2.50. The van der Waals surface area contributed by atoms with Gasteiger partial charge in [0.15, 0.2) is 0 Å². The minimum absolute atomic E-state index is 0.183. The standard InChI is InChI=1S/C24H26N4O5S/c1-16-26-18(15-34-16)23(30)27-10-7-19-22(24(31)32-2)20(14-21(29)28(19)12-11-27)33-13-3-4-17-5-8-25-9-6-17/h5-6,8-9,14-15H,3-4,7,10-13H2,1-2H3. The second kappa shape index (κ2) is 10.6. The summed E-state index contributed by atoms with van der Waals surface area (Å²) in [6.07, 6.45) is 5.29. The minimum atomic E-state index is -0.567. The lowest BCUT2D eigenvalue weighted by Gasteiger charge is -2.18. The molecular weight excluding hydrogens is 456 g/mol. The van der Waals surface area contributed by atoms with Crippen LogP contribution in [-0.4, -0.2) is 58.1 Å². The lowest BCUT2D eigenvalue weighted by atomic mass is 10.1. The van der Waals surface area contributed by atoms with Gasteiger partial charge < -0.3 is 18.9 Å². The lowest BCUT2D eigenvalue weighted by molar-refractivity contribution is 0.0593. The van der Waals surface area contributed by atoms with E-state index in [1.54, 1.807) is 22.7 Å². The molecule has 0 aromatic carbocycles. The predicted molar refractivity (Wildman–Crippen MR) is 127 cm³/mol. The van der Waals surface area contributed by atoms with E-state index < -0.39 is 5.97 Å². The van der Waals surface area contributed by atoms with Crippen molar-refractivity contribution in [1.29, 1.82) is 0 Å². The molecule has 0 spiro atoms. The number of hydrogen-bond acceptors (Lipinski definition) is 8. The summed E-state index contributed by atoms with van der Waals surface area (Å²) in [5, 5.41) is 2.55. The van der Waals surface area contributed by atoms with Crippen LogP contribution in [0.2, 0.25) is 0 Å². The Labute approximate surface area is 201 Å². The fourth-order valence-electron chi connectivity index (χ4n) is 4.02. The van der Waals surface area contributed by atoms with E-state index in [1.807, 2.05) is 19.1 Å². The van der Waals surface area contributed by atoms with Gasteiger partial charge in [-0.3, -0.25) is 14.6 Å². The Morgan fingerprint density at radius 2 is 1.97 bits per heavy atom. The highest BCUT2D eigenvalue weighted by Crippen LogP contribution is 2.25. The van der Waals surface area contributed by atoms with E-state index in [0.717, 1.165) is 17.0 Å². The van der Waals surface area contributed by atoms with Crippen LogP contribution in [-0.2, 0) is 24.1 Å². The Hall–Kier alpha value is -3.53. The first-order valence-corrected chi connectivity index (χ1v) is 11.9. The zero-order valence-electron chi connectivity index (χ0n) is 19.2. The number of pyridine rings is 2. The van der Waals surface area contributed by atoms with E-state index in [4.69, 9.17) is 9.47 Å². The van der Waals surface area contributed by atoms with E-state index in [2.05, 4.69) is 9.97 Å². The molecule has 3 aromatic rings. The quantitative estimate of drug-likeness (QED) is 0.376. The molecule has 0 atom stereocenters. The summed E-state index contributed by atoms with van der Waals surface area (Å²) in [6, 6.07) is 5.22. The summed E-state index contributed by atoms with van der Waals surface area (Å²) in [4.78, 5) is 48.5. The van der Waals surface area contributed by atoms with Crippen molar-refractivity contribution >= 4 is 23.2 Å². The minimum Gasteiger partial charge on any atom is -0.492 e. The van der Waals surface area contributed by atoms with Crippen LogP contribution in [0.15, 0.2) is 40.8 Å². The molecule has 0 fully saturated rings. The van der Waals surface area contributed by atoms with E-state index in [1.165, 1.54) is 29.1 Å². The third-order valence-corrected chi connectivity index (χ3v) is 6.50. The van der Waals surface area contributed by atoms with Crippen LogP contribution in [0.4, 0.5) is 0 Å². The fraction of sp³-hybridized carbons (Fsp3) is 0.375. The number of aromatic nitrogens is 3. The number of aryl methyl sites for hydroxylation is 2. The number of carbonyl (C=O) groups is 2. The second-order valence-corrected chi connectivity index (χ2v) is 8.98. The van der Waals surface area contributed by atoms with Gasteiger partial charge in [0.1, 0.15) is 17.0 Å². The molecule has 10 heteroatoms. The van der Waals surface area contributed by atoms with Crippen molar-refractivity contribution in [2.45, 2.75) is 32.7 Å². The van der Waals surface area contributed by atoms with Crippen LogP contribution in [0.25, 0.3) is 0 Å². The number of rotatable bonds is 7. The zero-order chi connectivity index (χ0) is 24.1. The first-order chi connectivity index (χ1) is 16.5. The van der Waals surface area contributed by atoms with Gasteiger partial charge in [-0.25, -0.2) is 9.78 Å². The number of carbonyl (C=O) groups excluding carboxylic acids is 2. The lowest BCUT2D eigenvalue weighted by Crippen LogP contribution is -2.34. The number of thiazole rings is 1. The van der Waals surface area contributed by atoms with Crippen molar-refractivity contribution in [1.82, 2.24) is 19.4 Å². The summed E-state index contributed by atoms with van der Waals surface area (Å²) >= 11 is 1.42. The third kappa shape index (κ3) is 5.17. The molecule has 4 heterocycles. The van der Waals surface area contributed by atoms with Gasteiger partial charge in [0.2, 0.25) is 0 Å². The Kier molecular flexibility index (Phi) is 7.36. The molecule has 1 amide bonds. The SMILES string of the molecule is COC(=O)c1c(OCCCc2ccncc2)cc(=O)n2c1CCN(C(=O)c1csc(C)n1)CC2. The summed E-state index contributed by atoms with van der Waals surface area (Å²) in [7, 11) is 1.30. The number of amides is 1. The van der Waals surface area contributed by atoms with Crippen molar-refractivity contribution in [2.75, 3.05) is 26.8 Å². The van der Waals surface area contributed by atoms with E-state index in [9.17, 15) is 14.4 Å². The average Bonchev–Trinajstić information content (AvgIpc) is 3.16. The van der Waals surface area contributed by atoms with Crippen molar-refractivity contribution in [2.24, 2.45) is 0 Å². The van der Waals surface area contributed by atoms with E-state index in [0.29, 0.717) is 43.9 Å². The fourth-order valence-corrected chi connectivity index (χ4v) is 4.61. The highest BCUT2D eigenvalue weighted by atomic mass is 32.1. The molecule has 1 aliphatic heterocycles. The number of nitrogens with zero attached hydrogens (tertiary/aromatic N) is 4.